The normalized spacial score (nSPS) is 18.2. The van der Waals surface area contributed by atoms with Crippen LogP contribution in [0.1, 0.15) is 22.0 Å². The summed E-state index contributed by atoms with van der Waals surface area (Å²) < 4.78 is 9.98. The predicted molar refractivity (Wildman–Crippen MR) is 79.3 cm³/mol. The lowest BCUT2D eigenvalue weighted by Crippen LogP contribution is -2.37. The molecule has 0 aromatic heterocycles. The van der Waals surface area contributed by atoms with Crippen LogP contribution in [0.15, 0.2) is 60.7 Å². The Hall–Kier alpha value is -2.82. The Kier molecular flexibility index (Phi) is 4.05. The molecule has 0 radical (unpaired) electrons. The maximum atomic E-state index is 12.4. The highest BCUT2D eigenvalue weighted by Gasteiger charge is 2.34. The lowest BCUT2D eigenvalue weighted by atomic mass is 10.0. The van der Waals surface area contributed by atoms with Crippen LogP contribution in [0, 0.1) is 0 Å². The fourth-order valence-electron chi connectivity index (χ4n) is 2.37. The molecule has 1 aliphatic heterocycles. The van der Waals surface area contributed by atoms with Crippen molar-refractivity contribution in [3.05, 3.63) is 71.8 Å². The summed E-state index contributed by atoms with van der Waals surface area (Å²) in [7, 11) is 0. The third-order valence-corrected chi connectivity index (χ3v) is 3.47. The maximum Gasteiger partial charge on any atom is 0.508 e. The molecule has 0 aliphatic carbocycles. The van der Waals surface area contributed by atoms with Gasteiger partial charge in [0.1, 0.15) is 6.61 Å². The van der Waals surface area contributed by atoms with Crippen molar-refractivity contribution in [2.75, 3.05) is 6.61 Å². The van der Waals surface area contributed by atoms with Crippen molar-refractivity contribution < 1.29 is 19.1 Å². The van der Waals surface area contributed by atoms with E-state index in [2.05, 4.69) is 5.32 Å². The summed E-state index contributed by atoms with van der Waals surface area (Å²) in [5.41, 5.74) is 1.41. The van der Waals surface area contributed by atoms with Gasteiger partial charge in [0.05, 0.1) is 6.04 Å². The molecule has 5 nitrogen and oxygen atoms in total. The molecule has 1 heterocycles. The molecule has 112 valence electrons. The number of ether oxygens (including phenoxy) is 2. The van der Waals surface area contributed by atoms with E-state index in [-0.39, 0.29) is 12.5 Å². The van der Waals surface area contributed by atoms with E-state index in [1.807, 2.05) is 36.4 Å². The summed E-state index contributed by atoms with van der Waals surface area (Å²) in [4.78, 5) is 23.6. The molecule has 1 saturated heterocycles. The lowest BCUT2D eigenvalue weighted by Gasteiger charge is -2.22. The summed E-state index contributed by atoms with van der Waals surface area (Å²) in [5, 5.41) is 2.92. The van der Waals surface area contributed by atoms with Gasteiger partial charge in [-0.3, -0.25) is 4.79 Å². The van der Waals surface area contributed by atoms with Crippen LogP contribution in [0.3, 0.4) is 0 Å². The SMILES string of the molecule is O=C1OC[C@H]([C@@H](NC(=O)c2ccccc2)c2ccccc2)O1. The van der Waals surface area contributed by atoms with Gasteiger partial charge in [0.2, 0.25) is 0 Å². The van der Waals surface area contributed by atoms with Crippen LogP contribution in [0.25, 0.3) is 0 Å². The van der Waals surface area contributed by atoms with Crippen LogP contribution < -0.4 is 5.32 Å². The van der Waals surface area contributed by atoms with E-state index in [4.69, 9.17) is 9.47 Å². The van der Waals surface area contributed by atoms with E-state index in [1.54, 1.807) is 24.3 Å². The van der Waals surface area contributed by atoms with Gasteiger partial charge in [-0.25, -0.2) is 4.79 Å². The number of nitrogens with one attached hydrogen (secondary N) is 1. The summed E-state index contributed by atoms with van der Waals surface area (Å²) in [5.74, 6) is -0.225. The Balaban J connectivity index is 1.83. The lowest BCUT2D eigenvalue weighted by molar-refractivity contribution is 0.0832. The molecule has 22 heavy (non-hydrogen) atoms. The van der Waals surface area contributed by atoms with E-state index in [0.29, 0.717) is 5.56 Å². The molecule has 0 bridgehead atoms. The van der Waals surface area contributed by atoms with Gasteiger partial charge >= 0.3 is 6.16 Å². The Bertz CT molecular complexity index is 657. The third kappa shape index (κ3) is 3.09. The fourth-order valence-corrected chi connectivity index (χ4v) is 2.37. The van der Waals surface area contributed by atoms with Gasteiger partial charge in [-0.05, 0) is 17.7 Å². The molecule has 2 aromatic carbocycles. The Morgan fingerprint density at radius 3 is 2.27 bits per heavy atom. The second kappa shape index (κ2) is 6.30. The number of hydrogen-bond donors (Lipinski definition) is 1. The summed E-state index contributed by atoms with van der Waals surface area (Å²) in [6, 6.07) is 17.8. The number of hydrogen-bond acceptors (Lipinski definition) is 4. The number of benzene rings is 2. The quantitative estimate of drug-likeness (QED) is 0.881. The molecular weight excluding hydrogens is 282 g/mol. The second-order valence-corrected chi connectivity index (χ2v) is 4.95. The van der Waals surface area contributed by atoms with Crippen molar-refractivity contribution in [2.24, 2.45) is 0 Å². The van der Waals surface area contributed by atoms with Gasteiger partial charge in [0, 0.05) is 5.56 Å². The van der Waals surface area contributed by atoms with E-state index in [9.17, 15) is 9.59 Å². The highest BCUT2D eigenvalue weighted by Crippen LogP contribution is 2.24. The minimum atomic E-state index is -0.708. The van der Waals surface area contributed by atoms with Crippen LogP contribution >= 0.6 is 0 Å². The van der Waals surface area contributed by atoms with Crippen molar-refractivity contribution in [1.82, 2.24) is 5.32 Å². The molecule has 5 heteroatoms. The van der Waals surface area contributed by atoms with Crippen molar-refractivity contribution in [2.45, 2.75) is 12.1 Å². The highest BCUT2D eigenvalue weighted by molar-refractivity contribution is 5.94. The van der Waals surface area contributed by atoms with Crippen molar-refractivity contribution >= 4 is 12.1 Å². The standard InChI is InChI=1S/C17H15NO4/c19-16(13-9-5-2-6-10-13)18-15(12-7-3-1-4-8-12)14-11-21-17(20)22-14/h1-10,14-15H,11H2,(H,18,19)/t14-,15+/m1/s1. The summed E-state index contributed by atoms with van der Waals surface area (Å²) in [6.45, 7) is 0.119. The first-order valence-electron chi connectivity index (χ1n) is 6.98. The van der Waals surface area contributed by atoms with Gasteiger partial charge in [-0.1, -0.05) is 48.5 Å². The molecule has 1 amide bonds. The third-order valence-electron chi connectivity index (χ3n) is 3.47. The number of rotatable bonds is 4. The van der Waals surface area contributed by atoms with E-state index in [1.165, 1.54) is 0 Å². The van der Waals surface area contributed by atoms with Gasteiger partial charge < -0.3 is 14.8 Å². The largest absolute Gasteiger partial charge is 0.508 e. The monoisotopic (exact) mass is 297 g/mol. The minimum Gasteiger partial charge on any atom is -0.430 e. The van der Waals surface area contributed by atoms with Gasteiger partial charge in [0.15, 0.2) is 6.10 Å². The smallest absolute Gasteiger partial charge is 0.430 e. The first-order valence-corrected chi connectivity index (χ1v) is 6.98. The summed E-state index contributed by atoms with van der Waals surface area (Å²) in [6.07, 6.45) is -1.25. The molecule has 1 N–H and O–H groups in total. The molecule has 3 rings (SSSR count). The molecule has 1 fully saturated rings. The van der Waals surface area contributed by atoms with Crippen LogP contribution in [0.4, 0.5) is 4.79 Å². The number of amides is 1. The van der Waals surface area contributed by atoms with Gasteiger partial charge in [0.25, 0.3) is 5.91 Å². The average Bonchev–Trinajstić information content (AvgIpc) is 3.00. The van der Waals surface area contributed by atoms with Crippen LogP contribution in [0.2, 0.25) is 0 Å². The Labute approximate surface area is 127 Å². The van der Waals surface area contributed by atoms with Crippen molar-refractivity contribution in [3.8, 4) is 0 Å². The molecule has 0 saturated carbocycles. The Morgan fingerprint density at radius 2 is 1.68 bits per heavy atom. The topological polar surface area (TPSA) is 64.6 Å². The molecule has 2 atom stereocenters. The average molecular weight is 297 g/mol. The predicted octanol–water partition coefficient (Wildman–Crippen LogP) is 2.69. The van der Waals surface area contributed by atoms with Gasteiger partial charge in [-0.15, -0.1) is 0 Å². The van der Waals surface area contributed by atoms with E-state index < -0.39 is 18.3 Å². The van der Waals surface area contributed by atoms with Crippen molar-refractivity contribution in [3.63, 3.8) is 0 Å². The molecule has 1 aliphatic rings. The van der Waals surface area contributed by atoms with E-state index >= 15 is 0 Å². The second-order valence-electron chi connectivity index (χ2n) is 4.95. The van der Waals surface area contributed by atoms with Crippen LogP contribution in [0.5, 0.6) is 0 Å². The van der Waals surface area contributed by atoms with Crippen LogP contribution in [-0.2, 0) is 9.47 Å². The molecular formula is C17H15NO4. The summed E-state index contributed by atoms with van der Waals surface area (Å²) >= 11 is 0. The Morgan fingerprint density at radius 1 is 1.05 bits per heavy atom. The zero-order chi connectivity index (χ0) is 15.4. The number of cyclic esters (lactones) is 2. The number of carbonyl (C=O) groups excluding carboxylic acids is 2. The first kappa shape index (κ1) is 14.1. The zero-order valence-corrected chi connectivity index (χ0v) is 11.8. The van der Waals surface area contributed by atoms with E-state index in [0.717, 1.165) is 5.56 Å². The molecule has 2 aromatic rings. The molecule has 0 unspecified atom stereocenters. The van der Waals surface area contributed by atoms with Crippen LogP contribution in [-0.4, -0.2) is 24.8 Å². The maximum absolute atomic E-state index is 12.4. The fraction of sp³-hybridized carbons (Fsp3) is 0.176. The van der Waals surface area contributed by atoms with Crippen molar-refractivity contribution in [1.29, 1.82) is 0 Å². The first-order chi connectivity index (χ1) is 10.7. The number of carbonyl (C=O) groups is 2. The highest BCUT2D eigenvalue weighted by atomic mass is 16.8. The zero-order valence-electron chi connectivity index (χ0n) is 11.8. The molecule has 0 spiro atoms. The minimum absolute atomic E-state index is 0.119. The van der Waals surface area contributed by atoms with Gasteiger partial charge in [-0.2, -0.15) is 0 Å².